The third-order valence-corrected chi connectivity index (χ3v) is 5.00. The van der Waals surface area contributed by atoms with Gasteiger partial charge in [-0.1, -0.05) is 42.0 Å². The van der Waals surface area contributed by atoms with E-state index in [9.17, 15) is 13.7 Å². The summed E-state index contributed by atoms with van der Waals surface area (Å²) in [7, 11) is -3.81. The number of nitrogens with two attached hydrogens (primary N) is 1. The molecular formula is C19H15N5O2S. The highest BCUT2D eigenvalue weighted by Crippen LogP contribution is 2.34. The molecule has 3 rings (SSSR count). The summed E-state index contributed by atoms with van der Waals surface area (Å²) in [5.41, 5.74) is 3.83. The molecule has 0 aliphatic carbocycles. The maximum Gasteiger partial charge on any atom is 0.238 e. The Labute approximate surface area is 156 Å². The van der Waals surface area contributed by atoms with Crippen molar-refractivity contribution in [3.05, 3.63) is 59.8 Å². The van der Waals surface area contributed by atoms with Crippen molar-refractivity contribution in [3.63, 3.8) is 0 Å². The summed E-state index contributed by atoms with van der Waals surface area (Å²) in [6.07, 6.45) is 0. The molecule has 1 aromatic heterocycles. The number of aryl methyl sites for hydroxylation is 1. The van der Waals surface area contributed by atoms with Gasteiger partial charge in [0.05, 0.1) is 11.0 Å². The smallest absolute Gasteiger partial charge is 0.238 e. The van der Waals surface area contributed by atoms with Crippen LogP contribution in [-0.2, 0) is 16.6 Å². The fraction of sp³-hybridized carbons (Fsp3) is 0.105. The number of primary sulfonamides is 1. The number of rotatable bonds is 4. The molecule has 0 saturated carbocycles. The molecule has 0 radical (unpaired) electrons. The van der Waals surface area contributed by atoms with Crippen molar-refractivity contribution in [1.29, 1.82) is 10.5 Å². The summed E-state index contributed by atoms with van der Waals surface area (Å²) in [5, 5.41) is 28.2. The summed E-state index contributed by atoms with van der Waals surface area (Å²) < 4.78 is 24.3. The molecule has 3 aromatic rings. The van der Waals surface area contributed by atoms with Gasteiger partial charge in [0.25, 0.3) is 0 Å². The van der Waals surface area contributed by atoms with Crippen LogP contribution in [0.3, 0.4) is 0 Å². The van der Waals surface area contributed by atoms with E-state index >= 15 is 0 Å². The Hall–Kier alpha value is -3.46. The van der Waals surface area contributed by atoms with Crippen LogP contribution < -0.4 is 5.14 Å². The Morgan fingerprint density at radius 2 is 1.63 bits per heavy atom. The zero-order chi connectivity index (χ0) is 19.6. The third-order valence-electron chi connectivity index (χ3n) is 4.08. The minimum absolute atomic E-state index is 0.0138. The lowest BCUT2D eigenvalue weighted by Gasteiger charge is -2.05. The Balaban J connectivity index is 2.24. The zero-order valence-corrected chi connectivity index (χ0v) is 15.2. The summed E-state index contributed by atoms with van der Waals surface area (Å²) in [6, 6.07) is 17.7. The van der Waals surface area contributed by atoms with Gasteiger partial charge in [0.15, 0.2) is 0 Å². The van der Waals surface area contributed by atoms with Crippen molar-refractivity contribution in [3.8, 4) is 34.5 Å². The van der Waals surface area contributed by atoms with Crippen LogP contribution >= 0.6 is 0 Å². The van der Waals surface area contributed by atoms with Gasteiger partial charge in [0.1, 0.15) is 24.0 Å². The zero-order valence-electron chi connectivity index (χ0n) is 14.4. The van der Waals surface area contributed by atoms with Gasteiger partial charge in [-0.15, -0.1) is 0 Å². The Morgan fingerprint density at radius 1 is 1.04 bits per heavy atom. The molecule has 27 heavy (non-hydrogen) atoms. The molecule has 1 heterocycles. The van der Waals surface area contributed by atoms with Crippen molar-refractivity contribution in [2.75, 3.05) is 0 Å². The van der Waals surface area contributed by atoms with Gasteiger partial charge < -0.3 is 0 Å². The van der Waals surface area contributed by atoms with Crippen LogP contribution in [0.2, 0.25) is 0 Å². The van der Waals surface area contributed by atoms with E-state index in [4.69, 9.17) is 10.4 Å². The van der Waals surface area contributed by atoms with Crippen LogP contribution in [0.5, 0.6) is 0 Å². The predicted molar refractivity (Wildman–Crippen MR) is 99.5 cm³/mol. The first-order valence-electron chi connectivity index (χ1n) is 7.93. The third kappa shape index (κ3) is 3.58. The number of aromatic nitrogens is 2. The van der Waals surface area contributed by atoms with Gasteiger partial charge >= 0.3 is 0 Å². The lowest BCUT2D eigenvalue weighted by molar-refractivity contribution is 0.598. The van der Waals surface area contributed by atoms with Gasteiger partial charge in [-0.05, 0) is 24.6 Å². The highest BCUT2D eigenvalue weighted by molar-refractivity contribution is 7.89. The first kappa shape index (κ1) is 18.3. The average molecular weight is 377 g/mol. The molecule has 0 aliphatic heterocycles. The molecular weight excluding hydrogens is 362 g/mol. The van der Waals surface area contributed by atoms with E-state index in [-0.39, 0.29) is 17.1 Å². The summed E-state index contributed by atoms with van der Waals surface area (Å²) >= 11 is 0. The molecule has 0 unspecified atom stereocenters. The largest absolute Gasteiger partial charge is 0.239 e. The van der Waals surface area contributed by atoms with Gasteiger partial charge in [-0.25, -0.2) is 18.2 Å². The van der Waals surface area contributed by atoms with Crippen LogP contribution in [0, 0.1) is 29.6 Å². The van der Waals surface area contributed by atoms with Crippen molar-refractivity contribution in [1.82, 2.24) is 9.78 Å². The lowest BCUT2D eigenvalue weighted by atomic mass is 9.98. The minimum Gasteiger partial charge on any atom is -0.239 e. The molecule has 0 atom stereocenters. The van der Waals surface area contributed by atoms with Crippen LogP contribution in [0.1, 0.15) is 11.3 Å². The van der Waals surface area contributed by atoms with Crippen molar-refractivity contribution < 1.29 is 8.42 Å². The number of hydrogen-bond acceptors (Lipinski definition) is 5. The van der Waals surface area contributed by atoms with Crippen LogP contribution in [0.4, 0.5) is 0 Å². The van der Waals surface area contributed by atoms with Crippen molar-refractivity contribution >= 4 is 10.0 Å². The second-order valence-electron chi connectivity index (χ2n) is 5.94. The standard InChI is InChI=1S/C19H15N5O2S/c1-13-2-4-14(5-3-13)18-17(12-21)24(11-10-20)23-19(18)15-6-8-16(9-7-15)27(22,25)26/h2-9H,11H2,1H3,(H2,22,25,26). The van der Waals surface area contributed by atoms with Gasteiger partial charge in [0, 0.05) is 11.1 Å². The minimum atomic E-state index is -3.81. The molecule has 0 bridgehead atoms. The lowest BCUT2D eigenvalue weighted by Crippen LogP contribution is -2.11. The summed E-state index contributed by atoms with van der Waals surface area (Å²) in [6.45, 7) is 1.89. The van der Waals surface area contributed by atoms with Gasteiger partial charge in [0.2, 0.25) is 10.0 Å². The summed E-state index contributed by atoms with van der Waals surface area (Å²) in [5.74, 6) is 0. The SMILES string of the molecule is Cc1ccc(-c2c(-c3ccc(S(N)(=O)=O)cc3)nn(CC#N)c2C#N)cc1. The first-order valence-corrected chi connectivity index (χ1v) is 9.48. The van der Waals surface area contributed by atoms with Crippen LogP contribution in [-0.4, -0.2) is 18.2 Å². The maximum absolute atomic E-state index is 11.5. The normalized spacial score (nSPS) is 11.0. The number of nitrogens with zero attached hydrogens (tertiary/aromatic N) is 4. The number of nitriles is 2. The average Bonchev–Trinajstić information content (AvgIpc) is 3.00. The van der Waals surface area contributed by atoms with E-state index in [0.29, 0.717) is 16.8 Å². The number of sulfonamides is 1. The number of benzene rings is 2. The van der Waals surface area contributed by atoms with Gasteiger partial charge in [-0.3, -0.25) is 0 Å². The fourth-order valence-corrected chi connectivity index (χ4v) is 3.27. The highest BCUT2D eigenvalue weighted by Gasteiger charge is 2.21. The van der Waals surface area contributed by atoms with E-state index in [2.05, 4.69) is 11.2 Å². The molecule has 2 N–H and O–H groups in total. The molecule has 0 spiro atoms. The molecule has 2 aromatic carbocycles. The summed E-state index contributed by atoms with van der Waals surface area (Å²) in [4.78, 5) is -0.0138. The second-order valence-corrected chi connectivity index (χ2v) is 7.50. The second kappa shape index (κ2) is 7.04. The number of hydrogen-bond donors (Lipinski definition) is 1. The Kier molecular flexibility index (Phi) is 4.78. The molecule has 0 saturated heterocycles. The molecule has 0 amide bonds. The van der Waals surface area contributed by atoms with E-state index in [1.807, 2.05) is 37.3 Å². The maximum atomic E-state index is 11.5. The molecule has 7 nitrogen and oxygen atoms in total. The first-order chi connectivity index (χ1) is 12.8. The van der Waals surface area contributed by atoms with E-state index in [0.717, 1.165) is 11.1 Å². The highest BCUT2D eigenvalue weighted by atomic mass is 32.2. The van der Waals surface area contributed by atoms with Crippen LogP contribution in [0.25, 0.3) is 22.4 Å². The monoisotopic (exact) mass is 377 g/mol. The predicted octanol–water partition coefficient (Wildman–Crippen LogP) is 2.57. The molecule has 0 fully saturated rings. The van der Waals surface area contributed by atoms with Crippen molar-refractivity contribution in [2.24, 2.45) is 5.14 Å². The molecule has 0 aliphatic rings. The van der Waals surface area contributed by atoms with E-state index < -0.39 is 10.0 Å². The Bertz CT molecular complexity index is 1180. The Morgan fingerprint density at radius 3 is 2.15 bits per heavy atom. The topological polar surface area (TPSA) is 126 Å². The van der Waals surface area contributed by atoms with E-state index in [1.165, 1.54) is 16.8 Å². The van der Waals surface area contributed by atoms with Crippen molar-refractivity contribution in [2.45, 2.75) is 18.4 Å². The van der Waals surface area contributed by atoms with Gasteiger partial charge in [-0.2, -0.15) is 15.6 Å². The van der Waals surface area contributed by atoms with E-state index in [1.54, 1.807) is 12.1 Å². The molecule has 134 valence electrons. The quantitative estimate of drug-likeness (QED) is 0.748. The molecule has 8 heteroatoms. The fourth-order valence-electron chi connectivity index (χ4n) is 2.76. The van der Waals surface area contributed by atoms with Crippen LogP contribution in [0.15, 0.2) is 53.4 Å².